The van der Waals surface area contributed by atoms with Crippen molar-refractivity contribution in [3.8, 4) is 5.75 Å². The molecule has 0 spiro atoms. The summed E-state index contributed by atoms with van der Waals surface area (Å²) in [5, 5.41) is 12.6. The van der Waals surface area contributed by atoms with Crippen molar-refractivity contribution in [2.45, 2.75) is 26.0 Å². The molecule has 0 aliphatic heterocycles. The molecule has 0 bridgehead atoms. The van der Waals surface area contributed by atoms with Crippen molar-refractivity contribution in [2.75, 3.05) is 19.0 Å². The molecule has 0 radical (unpaired) electrons. The number of carbonyl (C=O) groups is 1. The van der Waals surface area contributed by atoms with Crippen LogP contribution in [0.2, 0.25) is 0 Å². The van der Waals surface area contributed by atoms with Gasteiger partial charge in [0.05, 0.1) is 7.11 Å². The number of nitrogens with one attached hydrogen (secondary N) is 1. The largest absolute Gasteiger partial charge is 0.508 e. The van der Waals surface area contributed by atoms with E-state index < -0.39 is 6.10 Å². The highest BCUT2D eigenvalue weighted by Gasteiger charge is 2.19. The van der Waals surface area contributed by atoms with Gasteiger partial charge in [0.25, 0.3) is 0 Å². The predicted molar refractivity (Wildman–Crippen MR) is 93.0 cm³/mol. The van der Waals surface area contributed by atoms with E-state index in [4.69, 9.17) is 9.47 Å². The predicted octanol–water partition coefficient (Wildman–Crippen LogP) is 3.12. The number of carbonyl (C=O) groups excluding carboxylic acids is 1. The molecule has 2 rings (SSSR count). The number of ether oxygens (including phenoxy) is 2. The lowest BCUT2D eigenvalue weighted by molar-refractivity contribution is -0.153. The highest BCUT2D eigenvalue weighted by Crippen LogP contribution is 2.15. The Morgan fingerprint density at radius 2 is 1.71 bits per heavy atom. The van der Waals surface area contributed by atoms with Gasteiger partial charge in [-0.05, 0) is 42.3 Å². The quantitative estimate of drug-likeness (QED) is 0.728. The first kappa shape index (κ1) is 17.8. The van der Waals surface area contributed by atoms with E-state index in [1.807, 2.05) is 43.3 Å². The van der Waals surface area contributed by atoms with Gasteiger partial charge >= 0.3 is 5.97 Å². The van der Waals surface area contributed by atoms with Gasteiger partial charge in [-0.15, -0.1) is 0 Å². The van der Waals surface area contributed by atoms with Crippen molar-refractivity contribution in [2.24, 2.45) is 0 Å². The van der Waals surface area contributed by atoms with Crippen molar-refractivity contribution in [3.63, 3.8) is 0 Å². The summed E-state index contributed by atoms with van der Waals surface area (Å²) in [5.41, 5.74) is 3.07. The van der Waals surface area contributed by atoms with Crippen molar-refractivity contribution in [1.29, 1.82) is 0 Å². The van der Waals surface area contributed by atoms with Gasteiger partial charge in [-0.3, -0.25) is 0 Å². The van der Waals surface area contributed by atoms with Crippen molar-refractivity contribution >= 4 is 11.7 Å². The lowest BCUT2D eigenvalue weighted by Gasteiger charge is -2.15. The molecule has 128 valence electrons. The van der Waals surface area contributed by atoms with Crippen molar-refractivity contribution in [1.82, 2.24) is 0 Å². The van der Waals surface area contributed by atoms with Crippen LogP contribution < -0.4 is 5.32 Å². The van der Waals surface area contributed by atoms with Crippen molar-refractivity contribution in [3.05, 3.63) is 59.7 Å². The number of phenolic OH excluding ortho intramolecular Hbond substituents is 1. The molecule has 1 atom stereocenters. The Morgan fingerprint density at radius 1 is 1.08 bits per heavy atom. The van der Waals surface area contributed by atoms with E-state index in [2.05, 4.69) is 5.32 Å². The second-order valence-electron chi connectivity index (χ2n) is 5.39. The topological polar surface area (TPSA) is 67.8 Å². The van der Waals surface area contributed by atoms with Gasteiger partial charge < -0.3 is 19.9 Å². The molecule has 2 N–H and O–H groups in total. The molecule has 0 fully saturated rings. The molecule has 2 aromatic rings. The van der Waals surface area contributed by atoms with E-state index in [0.29, 0.717) is 19.6 Å². The number of aromatic hydroxyl groups is 1. The van der Waals surface area contributed by atoms with Gasteiger partial charge in [0, 0.05) is 25.3 Å². The maximum Gasteiger partial charge on any atom is 0.335 e. The average molecular weight is 329 g/mol. The van der Waals surface area contributed by atoms with Crippen LogP contribution in [0, 0.1) is 0 Å². The molecule has 1 unspecified atom stereocenters. The van der Waals surface area contributed by atoms with Crippen LogP contribution in [0.25, 0.3) is 0 Å². The molecule has 0 aliphatic rings. The highest BCUT2D eigenvalue weighted by atomic mass is 16.6. The van der Waals surface area contributed by atoms with E-state index in [1.54, 1.807) is 12.1 Å². The van der Waals surface area contributed by atoms with Crippen molar-refractivity contribution < 1.29 is 19.4 Å². The number of rotatable bonds is 8. The van der Waals surface area contributed by atoms with Crippen LogP contribution in [0.4, 0.5) is 5.69 Å². The molecule has 0 saturated carbocycles. The Labute approximate surface area is 142 Å². The first-order chi connectivity index (χ1) is 11.6. The monoisotopic (exact) mass is 329 g/mol. The molecule has 5 nitrogen and oxygen atoms in total. The molecule has 5 heteroatoms. The van der Waals surface area contributed by atoms with Crippen LogP contribution in [0.1, 0.15) is 18.1 Å². The highest BCUT2D eigenvalue weighted by molar-refractivity contribution is 5.75. The Hall–Kier alpha value is -2.53. The molecule has 24 heavy (non-hydrogen) atoms. The molecule has 0 heterocycles. The Morgan fingerprint density at radius 3 is 2.29 bits per heavy atom. The molecule has 2 aromatic carbocycles. The number of anilines is 1. The standard InChI is InChI=1S/C19H23NO4/c1-3-24-18(19(22)23-2)12-14-4-8-16(9-5-14)20-13-15-6-10-17(21)11-7-15/h4-11,18,20-21H,3,12-13H2,1-2H3. The first-order valence-electron chi connectivity index (χ1n) is 7.92. The van der Waals surface area contributed by atoms with E-state index in [1.165, 1.54) is 7.11 Å². The second-order valence-corrected chi connectivity index (χ2v) is 5.39. The van der Waals surface area contributed by atoms with Gasteiger partial charge in [-0.25, -0.2) is 4.79 Å². The Balaban J connectivity index is 1.92. The van der Waals surface area contributed by atoms with Gasteiger partial charge in [-0.2, -0.15) is 0 Å². The summed E-state index contributed by atoms with van der Waals surface area (Å²) in [6, 6.07) is 15.0. The zero-order chi connectivity index (χ0) is 17.4. The maximum absolute atomic E-state index is 11.7. The minimum Gasteiger partial charge on any atom is -0.508 e. The number of benzene rings is 2. The fourth-order valence-electron chi connectivity index (χ4n) is 2.33. The third-order valence-electron chi connectivity index (χ3n) is 3.64. The van der Waals surface area contributed by atoms with E-state index in [9.17, 15) is 9.90 Å². The summed E-state index contributed by atoms with van der Waals surface area (Å²) in [4.78, 5) is 11.7. The van der Waals surface area contributed by atoms with Crippen LogP contribution in [0.3, 0.4) is 0 Å². The molecule has 0 amide bonds. The minimum absolute atomic E-state index is 0.262. The lowest BCUT2D eigenvalue weighted by Crippen LogP contribution is -2.28. The number of esters is 1. The third kappa shape index (κ3) is 5.28. The van der Waals surface area contributed by atoms with Crippen LogP contribution >= 0.6 is 0 Å². The maximum atomic E-state index is 11.7. The lowest BCUT2D eigenvalue weighted by atomic mass is 10.1. The van der Waals surface area contributed by atoms with Crippen LogP contribution in [-0.4, -0.2) is 30.9 Å². The van der Waals surface area contributed by atoms with Gasteiger partial charge in [0.1, 0.15) is 5.75 Å². The van der Waals surface area contributed by atoms with Crippen LogP contribution in [0.5, 0.6) is 5.75 Å². The molecule has 0 aromatic heterocycles. The molecule has 0 aliphatic carbocycles. The summed E-state index contributed by atoms with van der Waals surface area (Å²) in [5.74, 6) is -0.0936. The number of phenols is 1. The average Bonchev–Trinajstić information content (AvgIpc) is 2.61. The summed E-state index contributed by atoms with van der Waals surface area (Å²) in [7, 11) is 1.37. The fourth-order valence-corrected chi connectivity index (χ4v) is 2.33. The number of hydrogen-bond acceptors (Lipinski definition) is 5. The van der Waals surface area contributed by atoms with Gasteiger partial charge in [0.2, 0.25) is 0 Å². The van der Waals surface area contributed by atoms with Gasteiger partial charge in [-0.1, -0.05) is 24.3 Å². The second kappa shape index (κ2) is 8.93. The SMILES string of the molecule is CCOC(Cc1ccc(NCc2ccc(O)cc2)cc1)C(=O)OC. The van der Waals surface area contributed by atoms with E-state index >= 15 is 0 Å². The molecular weight excluding hydrogens is 306 g/mol. The molecule has 0 saturated heterocycles. The third-order valence-corrected chi connectivity index (χ3v) is 3.64. The summed E-state index contributed by atoms with van der Waals surface area (Å²) < 4.78 is 10.2. The number of methoxy groups -OCH3 is 1. The zero-order valence-electron chi connectivity index (χ0n) is 14.0. The molecular formula is C19H23NO4. The Kier molecular flexibility index (Phi) is 6.63. The summed E-state index contributed by atoms with van der Waals surface area (Å²) >= 11 is 0. The summed E-state index contributed by atoms with van der Waals surface area (Å²) in [6.07, 6.45) is -0.0885. The normalized spacial score (nSPS) is 11.8. The van der Waals surface area contributed by atoms with Crippen LogP contribution in [0.15, 0.2) is 48.5 Å². The smallest absolute Gasteiger partial charge is 0.335 e. The van der Waals surface area contributed by atoms with E-state index in [-0.39, 0.29) is 11.7 Å². The minimum atomic E-state index is -0.573. The fraction of sp³-hybridized carbons (Fsp3) is 0.316. The zero-order valence-corrected chi connectivity index (χ0v) is 14.0. The number of hydrogen-bond donors (Lipinski definition) is 2. The van der Waals surface area contributed by atoms with E-state index in [0.717, 1.165) is 16.8 Å². The van der Waals surface area contributed by atoms with Gasteiger partial charge in [0.15, 0.2) is 6.10 Å². The summed E-state index contributed by atoms with van der Waals surface area (Å²) in [6.45, 7) is 2.99. The van der Waals surface area contributed by atoms with Crippen LogP contribution in [-0.2, 0) is 27.2 Å². The Bertz CT molecular complexity index is 637. The first-order valence-corrected chi connectivity index (χ1v) is 7.92.